The van der Waals surface area contributed by atoms with Crippen LogP contribution in [0.1, 0.15) is 43.0 Å². The molecule has 0 aliphatic heterocycles. The van der Waals surface area contributed by atoms with Gasteiger partial charge in [-0.15, -0.1) is 0 Å². The van der Waals surface area contributed by atoms with Gasteiger partial charge < -0.3 is 11.1 Å². The fourth-order valence-corrected chi connectivity index (χ4v) is 3.09. The molecule has 5 heteroatoms. The van der Waals surface area contributed by atoms with Crippen molar-refractivity contribution in [3.8, 4) is 11.4 Å². The third-order valence-electron chi connectivity index (χ3n) is 4.76. The first-order chi connectivity index (χ1) is 11.2. The molecule has 1 saturated carbocycles. The number of aryl methyl sites for hydroxylation is 1. The van der Waals surface area contributed by atoms with Crippen LogP contribution in [-0.4, -0.2) is 21.4 Å². The maximum atomic E-state index is 12.2. The van der Waals surface area contributed by atoms with Crippen LogP contribution in [0.15, 0.2) is 36.5 Å². The quantitative estimate of drug-likeness (QED) is 0.910. The summed E-state index contributed by atoms with van der Waals surface area (Å²) >= 11 is 0. The Kier molecular flexibility index (Phi) is 3.38. The van der Waals surface area contributed by atoms with Gasteiger partial charge in [0.25, 0.3) is 0 Å². The summed E-state index contributed by atoms with van der Waals surface area (Å²) in [6, 6.07) is 9.95. The van der Waals surface area contributed by atoms with Gasteiger partial charge in [-0.2, -0.15) is 0 Å². The molecule has 4 rings (SSSR count). The van der Waals surface area contributed by atoms with Gasteiger partial charge in [0.1, 0.15) is 0 Å². The third kappa shape index (κ3) is 2.72. The van der Waals surface area contributed by atoms with E-state index in [9.17, 15) is 4.79 Å². The average Bonchev–Trinajstić information content (AvgIpc) is 3.34. The van der Waals surface area contributed by atoms with Gasteiger partial charge in [0.05, 0.1) is 11.6 Å². The lowest BCUT2D eigenvalue weighted by Gasteiger charge is -2.26. The minimum absolute atomic E-state index is 0.0166. The Hall–Kier alpha value is -2.27. The first kappa shape index (κ1) is 14.3. The lowest BCUT2D eigenvalue weighted by Crippen LogP contribution is -2.44. The zero-order valence-electron chi connectivity index (χ0n) is 13.0. The molecule has 0 saturated heterocycles. The Labute approximate surface area is 135 Å². The second-order valence-corrected chi connectivity index (χ2v) is 6.54. The van der Waals surface area contributed by atoms with E-state index in [2.05, 4.69) is 10.3 Å². The van der Waals surface area contributed by atoms with Crippen molar-refractivity contribution in [2.45, 2.75) is 43.7 Å². The summed E-state index contributed by atoms with van der Waals surface area (Å²) in [6.45, 7) is 0. The van der Waals surface area contributed by atoms with Crippen LogP contribution >= 0.6 is 0 Å². The number of nitrogens with zero attached hydrogens (tertiary/aromatic N) is 2. The zero-order chi connectivity index (χ0) is 15.9. The Bertz CT molecular complexity index is 740. The molecule has 5 nitrogen and oxygen atoms in total. The molecule has 1 unspecified atom stereocenters. The Morgan fingerprint density at radius 3 is 2.78 bits per heavy atom. The van der Waals surface area contributed by atoms with E-state index in [1.165, 1.54) is 0 Å². The highest BCUT2D eigenvalue weighted by Crippen LogP contribution is 2.35. The SMILES string of the molecule is NC1(C(=O)NC2CCCc3nc(-c4ccccc4)ncc32)CC1. The average molecular weight is 308 g/mol. The fourth-order valence-electron chi connectivity index (χ4n) is 3.09. The Morgan fingerprint density at radius 1 is 1.26 bits per heavy atom. The van der Waals surface area contributed by atoms with E-state index in [1.54, 1.807) is 0 Å². The van der Waals surface area contributed by atoms with Gasteiger partial charge in [-0.1, -0.05) is 30.3 Å². The van der Waals surface area contributed by atoms with Crippen molar-refractivity contribution in [3.63, 3.8) is 0 Å². The summed E-state index contributed by atoms with van der Waals surface area (Å²) in [5.41, 5.74) is 8.44. The molecule has 1 fully saturated rings. The number of amides is 1. The predicted molar refractivity (Wildman–Crippen MR) is 87.4 cm³/mol. The van der Waals surface area contributed by atoms with Gasteiger partial charge in [-0.3, -0.25) is 4.79 Å². The van der Waals surface area contributed by atoms with E-state index in [0.717, 1.165) is 54.7 Å². The minimum Gasteiger partial charge on any atom is -0.348 e. The van der Waals surface area contributed by atoms with Gasteiger partial charge in [0, 0.05) is 23.0 Å². The minimum atomic E-state index is -0.636. The number of aromatic nitrogens is 2. The first-order valence-electron chi connectivity index (χ1n) is 8.17. The van der Waals surface area contributed by atoms with Gasteiger partial charge >= 0.3 is 0 Å². The van der Waals surface area contributed by atoms with E-state index < -0.39 is 5.54 Å². The summed E-state index contributed by atoms with van der Waals surface area (Å²) in [5, 5.41) is 3.09. The van der Waals surface area contributed by atoms with Crippen molar-refractivity contribution in [2.24, 2.45) is 5.73 Å². The maximum absolute atomic E-state index is 12.2. The Balaban J connectivity index is 1.60. The number of benzene rings is 1. The predicted octanol–water partition coefficient (Wildman–Crippen LogP) is 2.13. The van der Waals surface area contributed by atoms with Crippen molar-refractivity contribution < 1.29 is 4.79 Å². The molecule has 1 heterocycles. The van der Waals surface area contributed by atoms with E-state index >= 15 is 0 Å². The van der Waals surface area contributed by atoms with Crippen LogP contribution in [0, 0.1) is 0 Å². The molecule has 1 aromatic carbocycles. The molecular weight excluding hydrogens is 288 g/mol. The molecule has 118 valence electrons. The molecule has 2 aromatic rings. The molecule has 0 bridgehead atoms. The number of nitrogens with one attached hydrogen (secondary N) is 1. The van der Waals surface area contributed by atoms with Crippen molar-refractivity contribution in [3.05, 3.63) is 47.8 Å². The third-order valence-corrected chi connectivity index (χ3v) is 4.76. The number of hydrogen-bond acceptors (Lipinski definition) is 4. The molecule has 3 N–H and O–H groups in total. The molecule has 2 aliphatic rings. The van der Waals surface area contributed by atoms with Crippen LogP contribution in [-0.2, 0) is 11.2 Å². The molecule has 23 heavy (non-hydrogen) atoms. The summed E-state index contributed by atoms with van der Waals surface area (Å²) in [7, 11) is 0. The largest absolute Gasteiger partial charge is 0.348 e. The smallest absolute Gasteiger partial charge is 0.240 e. The van der Waals surface area contributed by atoms with Crippen molar-refractivity contribution >= 4 is 5.91 Å². The van der Waals surface area contributed by atoms with Gasteiger partial charge in [0.15, 0.2) is 5.82 Å². The van der Waals surface area contributed by atoms with E-state index in [4.69, 9.17) is 10.7 Å². The van der Waals surface area contributed by atoms with Crippen LogP contribution < -0.4 is 11.1 Å². The molecule has 1 amide bonds. The lowest BCUT2D eigenvalue weighted by molar-refractivity contribution is -0.124. The maximum Gasteiger partial charge on any atom is 0.240 e. The highest BCUT2D eigenvalue weighted by Gasteiger charge is 2.46. The normalized spacial score (nSPS) is 21.3. The molecule has 1 aromatic heterocycles. The zero-order valence-corrected chi connectivity index (χ0v) is 13.0. The van der Waals surface area contributed by atoms with Crippen molar-refractivity contribution in [2.75, 3.05) is 0 Å². The first-order valence-corrected chi connectivity index (χ1v) is 8.17. The van der Waals surface area contributed by atoms with Crippen LogP contribution in [0.3, 0.4) is 0 Å². The number of carbonyl (C=O) groups is 1. The summed E-state index contributed by atoms with van der Waals surface area (Å²) in [5.74, 6) is 0.705. The number of fused-ring (bicyclic) bond motifs is 1. The van der Waals surface area contributed by atoms with Crippen LogP contribution in [0.5, 0.6) is 0 Å². The second kappa shape index (κ2) is 5.42. The molecule has 0 spiro atoms. The number of hydrogen-bond donors (Lipinski definition) is 2. The summed E-state index contributed by atoms with van der Waals surface area (Å²) in [6.07, 6.45) is 6.29. The molecule has 1 atom stereocenters. The second-order valence-electron chi connectivity index (χ2n) is 6.54. The van der Waals surface area contributed by atoms with Gasteiger partial charge in [0.2, 0.25) is 5.91 Å². The van der Waals surface area contributed by atoms with Crippen molar-refractivity contribution in [1.29, 1.82) is 0 Å². The monoisotopic (exact) mass is 308 g/mol. The van der Waals surface area contributed by atoms with E-state index in [1.807, 2.05) is 36.5 Å². The standard InChI is InChI=1S/C18H20N4O/c19-18(9-10-18)17(23)22-15-8-4-7-14-13(15)11-20-16(21-14)12-5-2-1-3-6-12/h1-3,5-6,11,15H,4,7-10,19H2,(H,22,23). The van der Waals surface area contributed by atoms with Crippen LogP contribution in [0.4, 0.5) is 0 Å². The number of rotatable bonds is 3. The molecule has 0 radical (unpaired) electrons. The molecule has 2 aliphatic carbocycles. The highest BCUT2D eigenvalue weighted by atomic mass is 16.2. The van der Waals surface area contributed by atoms with Gasteiger partial charge in [-0.05, 0) is 32.1 Å². The summed E-state index contributed by atoms with van der Waals surface area (Å²) in [4.78, 5) is 21.4. The number of nitrogens with two attached hydrogens (primary N) is 1. The summed E-state index contributed by atoms with van der Waals surface area (Å²) < 4.78 is 0. The fraction of sp³-hybridized carbons (Fsp3) is 0.389. The van der Waals surface area contributed by atoms with Crippen LogP contribution in [0.2, 0.25) is 0 Å². The van der Waals surface area contributed by atoms with E-state index in [0.29, 0.717) is 0 Å². The Morgan fingerprint density at radius 2 is 2.04 bits per heavy atom. The highest BCUT2D eigenvalue weighted by molar-refractivity contribution is 5.89. The lowest BCUT2D eigenvalue weighted by atomic mass is 9.92. The molecular formula is C18H20N4O. The van der Waals surface area contributed by atoms with Gasteiger partial charge in [-0.25, -0.2) is 9.97 Å². The van der Waals surface area contributed by atoms with Crippen LogP contribution in [0.25, 0.3) is 11.4 Å². The number of carbonyl (C=O) groups excluding carboxylic acids is 1. The van der Waals surface area contributed by atoms with Crippen molar-refractivity contribution in [1.82, 2.24) is 15.3 Å². The van der Waals surface area contributed by atoms with E-state index in [-0.39, 0.29) is 11.9 Å². The topological polar surface area (TPSA) is 80.9 Å².